The average molecular weight is 280 g/mol. The molecule has 3 nitrogen and oxygen atoms in total. The van der Waals surface area contributed by atoms with Gasteiger partial charge in [0, 0.05) is 13.0 Å². The Morgan fingerprint density at radius 2 is 1.50 bits per heavy atom. The first-order chi connectivity index (χ1) is 9.77. The van der Waals surface area contributed by atoms with Gasteiger partial charge in [0.2, 0.25) is 0 Å². The Kier molecular flexibility index (Phi) is 14.6. The molecule has 0 atom stereocenters. The van der Waals surface area contributed by atoms with Crippen molar-refractivity contribution in [2.45, 2.75) is 57.8 Å². The van der Waals surface area contributed by atoms with Gasteiger partial charge in [0.15, 0.2) is 0 Å². The second kappa shape index (κ2) is 15.7. The smallest absolute Gasteiger partial charge is 0.303 e. The minimum Gasteiger partial charge on any atom is -0.481 e. The van der Waals surface area contributed by atoms with Gasteiger partial charge in [0.05, 0.1) is 0 Å². The lowest BCUT2D eigenvalue weighted by Gasteiger charge is -1.95. The summed E-state index contributed by atoms with van der Waals surface area (Å²) >= 11 is 0. The number of aliphatic carboxylic acids is 1. The molecule has 114 valence electrons. The molecule has 0 saturated heterocycles. The monoisotopic (exact) mass is 280 g/mol. The molecule has 0 aromatic rings. The van der Waals surface area contributed by atoms with Crippen LogP contribution in [0.25, 0.3) is 0 Å². The van der Waals surface area contributed by atoms with Crippen molar-refractivity contribution >= 4 is 5.97 Å². The van der Waals surface area contributed by atoms with Crippen molar-refractivity contribution in [1.82, 2.24) is 0 Å². The quantitative estimate of drug-likeness (QED) is 0.301. The van der Waals surface area contributed by atoms with Gasteiger partial charge in [-0.05, 0) is 38.5 Å². The SMILES string of the molecule is O=C(O)CCCC=CCC=CC=CCCCCCCO. The van der Waals surface area contributed by atoms with Crippen LogP contribution in [0.15, 0.2) is 36.5 Å². The maximum Gasteiger partial charge on any atom is 0.303 e. The van der Waals surface area contributed by atoms with Crippen LogP contribution in [0.2, 0.25) is 0 Å². The van der Waals surface area contributed by atoms with Crippen LogP contribution in [0.4, 0.5) is 0 Å². The molecule has 0 aromatic carbocycles. The van der Waals surface area contributed by atoms with Crippen molar-refractivity contribution in [3.8, 4) is 0 Å². The fourth-order valence-corrected chi connectivity index (χ4v) is 1.72. The van der Waals surface area contributed by atoms with E-state index < -0.39 is 5.97 Å². The van der Waals surface area contributed by atoms with Crippen LogP contribution in [-0.4, -0.2) is 22.8 Å². The van der Waals surface area contributed by atoms with Crippen LogP contribution >= 0.6 is 0 Å². The summed E-state index contributed by atoms with van der Waals surface area (Å²) in [6.45, 7) is 0.308. The summed E-state index contributed by atoms with van der Waals surface area (Å²) in [4.78, 5) is 10.3. The number of allylic oxidation sites excluding steroid dienone is 6. The molecule has 0 bridgehead atoms. The van der Waals surface area contributed by atoms with E-state index in [-0.39, 0.29) is 6.42 Å². The summed E-state index contributed by atoms with van der Waals surface area (Å²) < 4.78 is 0. The summed E-state index contributed by atoms with van der Waals surface area (Å²) in [5.74, 6) is -0.722. The van der Waals surface area contributed by atoms with E-state index in [4.69, 9.17) is 10.2 Å². The van der Waals surface area contributed by atoms with E-state index in [0.29, 0.717) is 13.0 Å². The normalized spacial score (nSPS) is 12.1. The second-order valence-electron chi connectivity index (χ2n) is 4.78. The summed E-state index contributed by atoms with van der Waals surface area (Å²) in [7, 11) is 0. The number of aliphatic hydroxyl groups excluding tert-OH is 1. The standard InChI is InChI=1S/C17H28O3/c18-16-14-12-10-8-6-4-2-1-3-5-7-9-11-13-15-17(19)20/h1-4,7,9,18H,5-6,8,10-16H2,(H,19,20). The van der Waals surface area contributed by atoms with Crippen molar-refractivity contribution in [1.29, 1.82) is 0 Å². The summed E-state index contributed by atoms with van der Waals surface area (Å²) in [6.07, 6.45) is 20.7. The number of hydrogen-bond acceptors (Lipinski definition) is 2. The number of aliphatic hydroxyl groups is 1. The van der Waals surface area contributed by atoms with Crippen LogP contribution in [0.3, 0.4) is 0 Å². The van der Waals surface area contributed by atoms with Crippen LogP contribution in [-0.2, 0) is 4.79 Å². The lowest BCUT2D eigenvalue weighted by atomic mass is 10.1. The summed E-state index contributed by atoms with van der Waals surface area (Å²) in [5, 5.41) is 17.1. The number of carboxylic acid groups (broad SMARTS) is 1. The Balaban J connectivity index is 3.33. The Morgan fingerprint density at radius 3 is 2.25 bits per heavy atom. The van der Waals surface area contributed by atoms with E-state index in [0.717, 1.165) is 32.1 Å². The van der Waals surface area contributed by atoms with Crippen molar-refractivity contribution in [3.63, 3.8) is 0 Å². The third-order valence-electron chi connectivity index (χ3n) is 2.86. The van der Waals surface area contributed by atoms with Gasteiger partial charge in [-0.15, -0.1) is 0 Å². The molecule has 0 aliphatic carbocycles. The lowest BCUT2D eigenvalue weighted by molar-refractivity contribution is -0.137. The highest BCUT2D eigenvalue weighted by Crippen LogP contribution is 2.03. The zero-order valence-electron chi connectivity index (χ0n) is 12.3. The van der Waals surface area contributed by atoms with Gasteiger partial charge in [-0.25, -0.2) is 0 Å². The molecule has 0 saturated carbocycles. The first-order valence-electron chi connectivity index (χ1n) is 7.56. The van der Waals surface area contributed by atoms with Gasteiger partial charge in [-0.3, -0.25) is 4.79 Å². The lowest BCUT2D eigenvalue weighted by Crippen LogP contribution is -1.92. The van der Waals surface area contributed by atoms with Gasteiger partial charge < -0.3 is 10.2 Å². The molecule has 0 aliphatic rings. The average Bonchev–Trinajstić information content (AvgIpc) is 2.43. The zero-order chi connectivity index (χ0) is 14.9. The topological polar surface area (TPSA) is 57.5 Å². The maximum absolute atomic E-state index is 10.3. The molecule has 2 N–H and O–H groups in total. The van der Waals surface area contributed by atoms with Crippen molar-refractivity contribution in [3.05, 3.63) is 36.5 Å². The predicted octanol–water partition coefficient (Wildman–Crippen LogP) is 4.24. The molecule has 3 heteroatoms. The molecule has 20 heavy (non-hydrogen) atoms. The van der Waals surface area contributed by atoms with E-state index in [2.05, 4.69) is 30.4 Å². The number of carbonyl (C=O) groups is 1. The Labute approximate surface area is 122 Å². The van der Waals surface area contributed by atoms with E-state index in [1.807, 2.05) is 6.08 Å². The molecule has 0 heterocycles. The highest BCUT2D eigenvalue weighted by molar-refractivity contribution is 5.66. The van der Waals surface area contributed by atoms with E-state index >= 15 is 0 Å². The van der Waals surface area contributed by atoms with Crippen LogP contribution in [0.1, 0.15) is 57.8 Å². The van der Waals surface area contributed by atoms with Crippen molar-refractivity contribution in [2.24, 2.45) is 0 Å². The Hall–Kier alpha value is -1.35. The molecule has 0 fully saturated rings. The number of unbranched alkanes of at least 4 members (excludes halogenated alkanes) is 5. The fraction of sp³-hybridized carbons (Fsp3) is 0.588. The van der Waals surface area contributed by atoms with E-state index in [9.17, 15) is 4.79 Å². The zero-order valence-corrected chi connectivity index (χ0v) is 12.3. The number of hydrogen-bond donors (Lipinski definition) is 2. The van der Waals surface area contributed by atoms with Crippen LogP contribution < -0.4 is 0 Å². The van der Waals surface area contributed by atoms with Gasteiger partial charge in [0.1, 0.15) is 0 Å². The first-order valence-corrected chi connectivity index (χ1v) is 7.56. The highest BCUT2D eigenvalue weighted by atomic mass is 16.4. The minimum atomic E-state index is -0.722. The van der Waals surface area contributed by atoms with Gasteiger partial charge in [-0.2, -0.15) is 0 Å². The largest absolute Gasteiger partial charge is 0.481 e. The molecule has 0 aromatic heterocycles. The molecular weight excluding hydrogens is 252 g/mol. The Morgan fingerprint density at radius 1 is 0.800 bits per heavy atom. The molecule has 0 radical (unpaired) electrons. The second-order valence-corrected chi connectivity index (χ2v) is 4.78. The number of carboxylic acids is 1. The molecule has 0 amide bonds. The third kappa shape index (κ3) is 16.6. The summed E-state index contributed by atoms with van der Waals surface area (Å²) in [5.41, 5.74) is 0. The van der Waals surface area contributed by atoms with Gasteiger partial charge >= 0.3 is 5.97 Å². The minimum absolute atomic E-state index is 0.251. The van der Waals surface area contributed by atoms with Gasteiger partial charge in [-0.1, -0.05) is 49.3 Å². The maximum atomic E-state index is 10.3. The third-order valence-corrected chi connectivity index (χ3v) is 2.86. The first kappa shape index (κ1) is 18.7. The molecular formula is C17H28O3. The molecule has 0 unspecified atom stereocenters. The van der Waals surface area contributed by atoms with Crippen LogP contribution in [0, 0.1) is 0 Å². The van der Waals surface area contributed by atoms with Crippen molar-refractivity contribution in [2.75, 3.05) is 6.61 Å². The molecule has 0 rings (SSSR count). The highest BCUT2D eigenvalue weighted by Gasteiger charge is 1.92. The molecule has 0 aliphatic heterocycles. The van der Waals surface area contributed by atoms with Gasteiger partial charge in [0.25, 0.3) is 0 Å². The number of rotatable bonds is 13. The van der Waals surface area contributed by atoms with Crippen LogP contribution in [0.5, 0.6) is 0 Å². The summed E-state index contributed by atoms with van der Waals surface area (Å²) in [6, 6.07) is 0. The van der Waals surface area contributed by atoms with E-state index in [1.54, 1.807) is 0 Å². The fourth-order valence-electron chi connectivity index (χ4n) is 1.72. The predicted molar refractivity (Wildman–Crippen MR) is 83.7 cm³/mol. The molecule has 0 spiro atoms. The van der Waals surface area contributed by atoms with E-state index in [1.165, 1.54) is 12.8 Å². The van der Waals surface area contributed by atoms with Crippen molar-refractivity contribution < 1.29 is 15.0 Å². The Bertz CT molecular complexity index is 303.